The molecule has 0 aliphatic carbocycles. The van der Waals surface area contributed by atoms with Crippen molar-refractivity contribution in [3.05, 3.63) is 23.7 Å². The summed E-state index contributed by atoms with van der Waals surface area (Å²) in [6.45, 7) is 4.06. The van der Waals surface area contributed by atoms with Crippen LogP contribution in [0.15, 0.2) is 21.7 Å². The first-order valence-electron chi connectivity index (χ1n) is 4.28. The molecule has 0 aromatic carbocycles. The highest BCUT2D eigenvalue weighted by Gasteiger charge is 2.03. The van der Waals surface area contributed by atoms with Crippen molar-refractivity contribution in [1.29, 1.82) is 0 Å². The Hall–Kier alpha value is -1.78. The van der Waals surface area contributed by atoms with Gasteiger partial charge in [-0.3, -0.25) is 0 Å². The lowest BCUT2D eigenvalue weighted by atomic mass is 10.2. The maximum atomic E-state index is 10.3. The first-order valence-corrected chi connectivity index (χ1v) is 4.28. The lowest BCUT2D eigenvalue weighted by Gasteiger charge is -1.96. The lowest BCUT2D eigenvalue weighted by Crippen LogP contribution is -2.24. The molecule has 0 aliphatic heterocycles. The highest BCUT2D eigenvalue weighted by molar-refractivity contribution is 5.78. The third kappa shape index (κ3) is 2.93. The molecule has 0 bridgehead atoms. The summed E-state index contributed by atoms with van der Waals surface area (Å²) >= 11 is 0. The highest BCUT2D eigenvalue weighted by Crippen LogP contribution is 2.16. The van der Waals surface area contributed by atoms with Crippen LogP contribution in [0.1, 0.15) is 31.3 Å². The van der Waals surface area contributed by atoms with Crippen molar-refractivity contribution in [1.82, 2.24) is 5.43 Å². The number of furan rings is 1. The van der Waals surface area contributed by atoms with Crippen LogP contribution in [0.4, 0.5) is 4.79 Å². The number of hydrogen-bond donors (Lipinski definition) is 2. The van der Waals surface area contributed by atoms with E-state index in [0.717, 1.165) is 5.76 Å². The van der Waals surface area contributed by atoms with Crippen molar-refractivity contribution in [2.24, 2.45) is 10.8 Å². The average Bonchev–Trinajstić information content (AvgIpc) is 2.52. The van der Waals surface area contributed by atoms with Crippen molar-refractivity contribution >= 4 is 12.2 Å². The van der Waals surface area contributed by atoms with E-state index in [2.05, 4.69) is 10.5 Å². The minimum atomic E-state index is -0.697. The van der Waals surface area contributed by atoms with Crippen molar-refractivity contribution in [2.75, 3.05) is 0 Å². The van der Waals surface area contributed by atoms with Crippen LogP contribution < -0.4 is 11.2 Å². The smallest absolute Gasteiger partial charge is 0.332 e. The van der Waals surface area contributed by atoms with Gasteiger partial charge in [-0.1, -0.05) is 13.8 Å². The molecule has 1 rings (SSSR count). The number of nitrogens with one attached hydrogen (secondary N) is 1. The maximum absolute atomic E-state index is 10.3. The second kappa shape index (κ2) is 4.45. The summed E-state index contributed by atoms with van der Waals surface area (Å²) in [6, 6.07) is 2.95. The third-order valence-corrected chi connectivity index (χ3v) is 1.58. The number of hydrogen-bond acceptors (Lipinski definition) is 3. The molecule has 5 nitrogen and oxygen atoms in total. The number of nitrogens with two attached hydrogens (primary N) is 1. The molecular weight excluding hydrogens is 182 g/mol. The molecule has 0 unspecified atom stereocenters. The van der Waals surface area contributed by atoms with E-state index in [-0.39, 0.29) is 0 Å². The zero-order valence-corrected chi connectivity index (χ0v) is 8.15. The number of nitrogens with zero attached hydrogens (tertiary/aromatic N) is 1. The van der Waals surface area contributed by atoms with E-state index >= 15 is 0 Å². The fourth-order valence-electron chi connectivity index (χ4n) is 0.908. The van der Waals surface area contributed by atoms with Gasteiger partial charge in [0.2, 0.25) is 0 Å². The maximum Gasteiger partial charge on any atom is 0.332 e. The summed E-state index contributed by atoms with van der Waals surface area (Å²) in [6.07, 6.45) is 1.40. The number of carbonyl (C=O) groups is 1. The zero-order valence-electron chi connectivity index (χ0n) is 8.15. The van der Waals surface area contributed by atoms with Crippen molar-refractivity contribution in [3.63, 3.8) is 0 Å². The predicted octanol–water partition coefficient (Wildman–Crippen LogP) is 1.41. The summed E-state index contributed by atoms with van der Waals surface area (Å²) in [7, 11) is 0. The Kier molecular flexibility index (Phi) is 3.28. The number of primary amides is 1. The van der Waals surface area contributed by atoms with Crippen LogP contribution in [-0.2, 0) is 0 Å². The van der Waals surface area contributed by atoms with Crippen LogP contribution in [0.3, 0.4) is 0 Å². The Morgan fingerprint density at radius 2 is 2.36 bits per heavy atom. The number of amides is 2. The molecule has 76 valence electrons. The Morgan fingerprint density at radius 3 is 2.86 bits per heavy atom. The lowest BCUT2D eigenvalue weighted by molar-refractivity contribution is 0.249. The molecule has 0 atom stereocenters. The third-order valence-electron chi connectivity index (χ3n) is 1.58. The molecule has 0 radical (unpaired) electrons. The number of carbonyl (C=O) groups excluding carboxylic acids is 1. The topological polar surface area (TPSA) is 80.6 Å². The minimum Gasteiger partial charge on any atom is -0.460 e. The van der Waals surface area contributed by atoms with E-state index in [4.69, 9.17) is 10.2 Å². The molecule has 5 heteroatoms. The van der Waals surface area contributed by atoms with Gasteiger partial charge in [0.25, 0.3) is 0 Å². The summed E-state index contributed by atoms with van der Waals surface area (Å²) in [5.41, 5.74) is 6.90. The molecule has 14 heavy (non-hydrogen) atoms. The van der Waals surface area contributed by atoms with Gasteiger partial charge < -0.3 is 10.2 Å². The molecule has 0 aliphatic rings. The molecule has 1 aromatic rings. The SMILES string of the molecule is CC(C)c1ccc(/C=N/NC(N)=O)o1. The molecule has 3 N–H and O–H groups in total. The number of rotatable bonds is 3. The van der Waals surface area contributed by atoms with E-state index in [1.807, 2.05) is 19.9 Å². The summed E-state index contributed by atoms with van der Waals surface area (Å²) < 4.78 is 5.39. The molecule has 0 fully saturated rings. The van der Waals surface area contributed by atoms with Crippen molar-refractivity contribution in [2.45, 2.75) is 19.8 Å². The van der Waals surface area contributed by atoms with E-state index in [1.165, 1.54) is 6.21 Å². The van der Waals surface area contributed by atoms with Crippen LogP contribution in [0, 0.1) is 0 Å². The van der Waals surface area contributed by atoms with Gasteiger partial charge in [0.05, 0.1) is 6.21 Å². The summed E-state index contributed by atoms with van der Waals surface area (Å²) in [5, 5.41) is 3.57. The molecule has 0 spiro atoms. The Labute approximate surface area is 82.0 Å². The van der Waals surface area contributed by atoms with Crippen LogP contribution in [-0.4, -0.2) is 12.2 Å². The zero-order chi connectivity index (χ0) is 10.6. The average molecular weight is 195 g/mol. The summed E-state index contributed by atoms with van der Waals surface area (Å²) in [4.78, 5) is 10.3. The molecule has 2 amide bonds. The van der Waals surface area contributed by atoms with Gasteiger partial charge in [-0.05, 0) is 12.1 Å². The molecule has 1 aromatic heterocycles. The highest BCUT2D eigenvalue weighted by atomic mass is 16.3. The molecule has 0 saturated heterocycles. The second-order valence-electron chi connectivity index (χ2n) is 3.13. The molecule has 1 heterocycles. The van der Waals surface area contributed by atoms with Gasteiger partial charge in [0.15, 0.2) is 0 Å². The van der Waals surface area contributed by atoms with Gasteiger partial charge >= 0.3 is 6.03 Å². The van der Waals surface area contributed by atoms with Gasteiger partial charge in [-0.2, -0.15) is 5.10 Å². The van der Waals surface area contributed by atoms with Gasteiger partial charge in [-0.25, -0.2) is 10.2 Å². The van der Waals surface area contributed by atoms with Crippen molar-refractivity contribution in [3.8, 4) is 0 Å². The van der Waals surface area contributed by atoms with Gasteiger partial charge in [0.1, 0.15) is 11.5 Å². The van der Waals surface area contributed by atoms with E-state index in [9.17, 15) is 4.79 Å². The van der Waals surface area contributed by atoms with Gasteiger partial charge in [0, 0.05) is 5.92 Å². The monoisotopic (exact) mass is 195 g/mol. The van der Waals surface area contributed by atoms with E-state index in [0.29, 0.717) is 11.7 Å². The first kappa shape index (κ1) is 10.3. The molecular formula is C9H13N3O2. The predicted molar refractivity (Wildman–Crippen MR) is 53.1 cm³/mol. The van der Waals surface area contributed by atoms with Crippen LogP contribution in [0.25, 0.3) is 0 Å². The Morgan fingerprint density at radius 1 is 1.64 bits per heavy atom. The fraction of sp³-hybridized carbons (Fsp3) is 0.333. The largest absolute Gasteiger partial charge is 0.460 e. The first-order chi connectivity index (χ1) is 6.59. The van der Waals surface area contributed by atoms with E-state index < -0.39 is 6.03 Å². The minimum absolute atomic E-state index is 0.334. The Balaban J connectivity index is 2.59. The summed E-state index contributed by atoms with van der Waals surface area (Å²) in [5.74, 6) is 1.80. The Bertz CT molecular complexity index is 342. The van der Waals surface area contributed by atoms with Crippen LogP contribution in [0.5, 0.6) is 0 Å². The van der Waals surface area contributed by atoms with Crippen LogP contribution >= 0.6 is 0 Å². The number of hydrazone groups is 1. The van der Waals surface area contributed by atoms with Crippen LogP contribution in [0.2, 0.25) is 0 Å². The normalized spacial score (nSPS) is 11.1. The standard InChI is InChI=1S/C9H13N3O2/c1-6(2)8-4-3-7(14-8)5-11-12-9(10)13/h3-6H,1-2H3,(H3,10,12,13)/b11-5+. The van der Waals surface area contributed by atoms with Gasteiger partial charge in [-0.15, -0.1) is 0 Å². The quantitative estimate of drug-likeness (QED) is 0.564. The van der Waals surface area contributed by atoms with E-state index in [1.54, 1.807) is 6.07 Å². The second-order valence-corrected chi connectivity index (χ2v) is 3.13. The van der Waals surface area contributed by atoms with Crippen molar-refractivity contribution < 1.29 is 9.21 Å². The number of urea groups is 1. The fourth-order valence-corrected chi connectivity index (χ4v) is 0.908. The molecule has 0 saturated carbocycles.